The summed E-state index contributed by atoms with van der Waals surface area (Å²) in [6, 6.07) is 3.40. The Hall–Kier alpha value is -1.95. The molecule has 0 amide bonds. The fraction of sp³-hybridized carbons (Fsp3) is 0.364. The van der Waals surface area contributed by atoms with E-state index < -0.39 is 0 Å². The molecule has 2 N–H and O–H groups in total. The minimum Gasteiger partial charge on any atom is -0.334 e. The Labute approximate surface area is 97.1 Å². The van der Waals surface area contributed by atoms with Gasteiger partial charge < -0.3 is 14.8 Å². The van der Waals surface area contributed by atoms with E-state index in [4.69, 9.17) is 4.52 Å². The molecule has 88 valence electrons. The van der Waals surface area contributed by atoms with E-state index in [1.165, 1.54) is 0 Å². The van der Waals surface area contributed by atoms with Gasteiger partial charge in [-0.05, 0) is 25.1 Å². The predicted molar refractivity (Wildman–Crippen MR) is 60.6 cm³/mol. The van der Waals surface area contributed by atoms with Crippen molar-refractivity contribution in [3.05, 3.63) is 34.5 Å². The van der Waals surface area contributed by atoms with Crippen molar-refractivity contribution in [3.63, 3.8) is 0 Å². The highest BCUT2D eigenvalue weighted by Gasteiger charge is 2.22. The SMILES string of the molecule is O=c1[nH]cccc1-c1nc([C@@H]2CCNC2)no1. The standard InChI is InChI=1S/C11H12N4O2/c16-10-8(2-1-4-13-10)11-14-9(15-17-11)7-3-5-12-6-7/h1-2,4,7,12H,3,5-6H2,(H,13,16)/t7-/m1/s1. The molecule has 6 nitrogen and oxygen atoms in total. The van der Waals surface area contributed by atoms with Gasteiger partial charge in [-0.15, -0.1) is 0 Å². The molecule has 0 unspecified atom stereocenters. The Bertz CT molecular complexity index is 569. The number of hydrogen-bond donors (Lipinski definition) is 2. The second-order valence-corrected chi connectivity index (χ2v) is 4.06. The van der Waals surface area contributed by atoms with Gasteiger partial charge in [-0.25, -0.2) is 0 Å². The summed E-state index contributed by atoms with van der Waals surface area (Å²) in [7, 11) is 0. The summed E-state index contributed by atoms with van der Waals surface area (Å²) in [5.41, 5.74) is 0.199. The molecular weight excluding hydrogens is 220 g/mol. The normalized spacial score (nSPS) is 19.6. The van der Waals surface area contributed by atoms with E-state index >= 15 is 0 Å². The molecule has 1 aliphatic heterocycles. The molecule has 0 aromatic carbocycles. The predicted octanol–water partition coefficient (Wildman–Crippen LogP) is 0.502. The average molecular weight is 232 g/mol. The third-order valence-corrected chi connectivity index (χ3v) is 2.92. The lowest BCUT2D eigenvalue weighted by molar-refractivity contribution is 0.417. The number of aromatic nitrogens is 3. The summed E-state index contributed by atoms with van der Waals surface area (Å²) in [6.45, 7) is 1.84. The van der Waals surface area contributed by atoms with Gasteiger partial charge in [0.15, 0.2) is 5.82 Å². The van der Waals surface area contributed by atoms with Crippen LogP contribution < -0.4 is 10.9 Å². The van der Waals surface area contributed by atoms with Crippen LogP contribution in [-0.2, 0) is 0 Å². The van der Waals surface area contributed by atoms with Crippen LogP contribution in [0.3, 0.4) is 0 Å². The molecule has 3 heterocycles. The van der Waals surface area contributed by atoms with Gasteiger partial charge in [0.05, 0.1) is 0 Å². The zero-order valence-electron chi connectivity index (χ0n) is 9.14. The summed E-state index contributed by atoms with van der Waals surface area (Å²) < 4.78 is 5.14. The van der Waals surface area contributed by atoms with Crippen molar-refractivity contribution in [2.45, 2.75) is 12.3 Å². The van der Waals surface area contributed by atoms with Crippen LogP contribution in [0.2, 0.25) is 0 Å². The summed E-state index contributed by atoms with van der Waals surface area (Å²) in [6.07, 6.45) is 2.58. The Kier molecular flexibility index (Phi) is 2.49. The molecule has 2 aromatic rings. The van der Waals surface area contributed by atoms with Crippen LogP contribution in [0.4, 0.5) is 0 Å². The van der Waals surface area contributed by atoms with Gasteiger partial charge in [0.25, 0.3) is 11.4 Å². The lowest BCUT2D eigenvalue weighted by Crippen LogP contribution is -2.09. The van der Waals surface area contributed by atoms with Crippen molar-refractivity contribution < 1.29 is 4.52 Å². The van der Waals surface area contributed by atoms with E-state index in [2.05, 4.69) is 20.4 Å². The van der Waals surface area contributed by atoms with Crippen molar-refractivity contribution in [1.82, 2.24) is 20.4 Å². The second kappa shape index (κ2) is 4.14. The third kappa shape index (κ3) is 1.87. The maximum atomic E-state index is 11.6. The molecule has 0 spiro atoms. The van der Waals surface area contributed by atoms with Crippen molar-refractivity contribution >= 4 is 0 Å². The van der Waals surface area contributed by atoms with Gasteiger partial charge in [-0.1, -0.05) is 5.16 Å². The van der Waals surface area contributed by atoms with Crippen LogP contribution in [0.1, 0.15) is 18.2 Å². The minimum atomic E-state index is -0.216. The Balaban J connectivity index is 1.95. The van der Waals surface area contributed by atoms with Crippen LogP contribution in [0.25, 0.3) is 11.5 Å². The fourth-order valence-corrected chi connectivity index (χ4v) is 1.98. The van der Waals surface area contributed by atoms with Crippen LogP contribution in [-0.4, -0.2) is 28.2 Å². The molecule has 0 aliphatic carbocycles. The molecule has 17 heavy (non-hydrogen) atoms. The topological polar surface area (TPSA) is 83.8 Å². The number of nitrogens with zero attached hydrogens (tertiary/aromatic N) is 2. The largest absolute Gasteiger partial charge is 0.334 e. The number of H-pyrrole nitrogens is 1. The van der Waals surface area contributed by atoms with Gasteiger partial charge in [0.2, 0.25) is 0 Å². The molecule has 1 aliphatic rings. The monoisotopic (exact) mass is 232 g/mol. The molecule has 1 saturated heterocycles. The van der Waals surface area contributed by atoms with E-state index in [0.29, 0.717) is 11.4 Å². The van der Waals surface area contributed by atoms with Crippen molar-refractivity contribution in [2.24, 2.45) is 0 Å². The molecule has 1 fully saturated rings. The molecule has 0 radical (unpaired) electrons. The van der Waals surface area contributed by atoms with E-state index in [0.717, 1.165) is 19.5 Å². The summed E-state index contributed by atoms with van der Waals surface area (Å²) in [5.74, 6) is 1.25. The smallest absolute Gasteiger partial charge is 0.263 e. The van der Waals surface area contributed by atoms with Gasteiger partial charge >= 0.3 is 0 Å². The highest BCUT2D eigenvalue weighted by atomic mass is 16.5. The Morgan fingerprint density at radius 1 is 1.47 bits per heavy atom. The molecular formula is C11H12N4O2. The first kappa shape index (κ1) is 10.2. The maximum absolute atomic E-state index is 11.6. The molecule has 3 rings (SSSR count). The Morgan fingerprint density at radius 3 is 3.18 bits per heavy atom. The van der Waals surface area contributed by atoms with Gasteiger partial charge in [-0.3, -0.25) is 4.79 Å². The van der Waals surface area contributed by atoms with Crippen LogP contribution in [0, 0.1) is 0 Å². The quantitative estimate of drug-likeness (QED) is 0.787. The van der Waals surface area contributed by atoms with E-state index in [-0.39, 0.29) is 17.4 Å². The number of aromatic amines is 1. The van der Waals surface area contributed by atoms with Crippen molar-refractivity contribution in [1.29, 1.82) is 0 Å². The van der Waals surface area contributed by atoms with E-state index in [1.807, 2.05) is 0 Å². The Morgan fingerprint density at radius 2 is 2.41 bits per heavy atom. The van der Waals surface area contributed by atoms with Gasteiger partial charge in [0.1, 0.15) is 5.56 Å². The second-order valence-electron chi connectivity index (χ2n) is 4.06. The molecule has 0 bridgehead atoms. The third-order valence-electron chi connectivity index (χ3n) is 2.92. The highest BCUT2D eigenvalue weighted by Crippen LogP contribution is 2.21. The molecule has 1 atom stereocenters. The van der Waals surface area contributed by atoms with Crippen LogP contribution in [0.15, 0.2) is 27.6 Å². The maximum Gasteiger partial charge on any atom is 0.263 e. The first-order valence-electron chi connectivity index (χ1n) is 5.57. The van der Waals surface area contributed by atoms with E-state index in [1.54, 1.807) is 18.3 Å². The summed E-state index contributed by atoms with van der Waals surface area (Å²) >= 11 is 0. The van der Waals surface area contributed by atoms with Gasteiger partial charge in [0, 0.05) is 18.7 Å². The fourth-order valence-electron chi connectivity index (χ4n) is 1.98. The lowest BCUT2D eigenvalue weighted by Gasteiger charge is -1.98. The highest BCUT2D eigenvalue weighted by molar-refractivity contribution is 5.50. The number of hydrogen-bond acceptors (Lipinski definition) is 5. The number of nitrogens with one attached hydrogen (secondary N) is 2. The zero-order chi connectivity index (χ0) is 11.7. The summed E-state index contributed by atoms with van der Waals surface area (Å²) in [5, 5.41) is 7.18. The lowest BCUT2D eigenvalue weighted by atomic mass is 10.1. The average Bonchev–Trinajstić information content (AvgIpc) is 3.00. The number of pyridine rings is 1. The molecule has 2 aromatic heterocycles. The first-order valence-corrected chi connectivity index (χ1v) is 5.57. The van der Waals surface area contributed by atoms with Crippen molar-refractivity contribution in [2.75, 3.05) is 13.1 Å². The van der Waals surface area contributed by atoms with Crippen LogP contribution >= 0.6 is 0 Å². The van der Waals surface area contributed by atoms with Crippen molar-refractivity contribution in [3.8, 4) is 11.5 Å². The molecule has 6 heteroatoms. The summed E-state index contributed by atoms with van der Waals surface area (Å²) in [4.78, 5) is 18.4. The van der Waals surface area contributed by atoms with Crippen LogP contribution in [0.5, 0.6) is 0 Å². The molecule has 0 saturated carbocycles. The zero-order valence-corrected chi connectivity index (χ0v) is 9.14. The minimum absolute atomic E-state index is 0.216. The number of rotatable bonds is 2. The first-order chi connectivity index (χ1) is 8.34. The van der Waals surface area contributed by atoms with Gasteiger partial charge in [-0.2, -0.15) is 4.98 Å². The van der Waals surface area contributed by atoms with E-state index in [9.17, 15) is 4.79 Å².